The summed E-state index contributed by atoms with van der Waals surface area (Å²) in [6, 6.07) is 19.5. The topological polar surface area (TPSA) is 121 Å². The fraction of sp³-hybridized carbons (Fsp3) is 0.258. The highest BCUT2D eigenvalue weighted by Crippen LogP contribution is 2.34. The Kier molecular flexibility index (Phi) is 7.93. The molecule has 1 unspecified atom stereocenters. The fourth-order valence-electron chi connectivity index (χ4n) is 5.01. The minimum Gasteiger partial charge on any atom is -0.497 e. The number of nitrogens with zero attached hydrogens (tertiary/aromatic N) is 5. The number of thiazole rings is 1. The minimum atomic E-state index is -0.805. The van der Waals surface area contributed by atoms with Gasteiger partial charge in [0.1, 0.15) is 28.9 Å². The number of hydrogen-bond donors (Lipinski definition) is 1. The van der Waals surface area contributed by atoms with Crippen LogP contribution in [0.4, 0.5) is 5.69 Å². The standard InChI is InChI=1S/C31H30N6O5S/c1-19(2)30(31(39)32-21-10-13-26-27(14-21)42-18-41-26)36(29(38)16-37-25-7-5-4-6-23(25)34-35-37)15-28-33-24(17-43-28)20-8-11-22(40-3)12-9-20/h4-14,17,19,30H,15-16,18H2,1-3H3,(H,32,39). The molecule has 3 aromatic carbocycles. The summed E-state index contributed by atoms with van der Waals surface area (Å²) in [6.45, 7) is 4.02. The molecule has 3 heterocycles. The van der Waals surface area contributed by atoms with Gasteiger partial charge < -0.3 is 24.4 Å². The highest BCUT2D eigenvalue weighted by atomic mass is 32.1. The van der Waals surface area contributed by atoms with Gasteiger partial charge in [0.15, 0.2) is 11.5 Å². The number of ether oxygens (including phenoxy) is 3. The Balaban J connectivity index is 1.29. The van der Waals surface area contributed by atoms with E-state index in [4.69, 9.17) is 19.2 Å². The van der Waals surface area contributed by atoms with Crippen LogP contribution in [-0.2, 0) is 22.7 Å². The van der Waals surface area contributed by atoms with Gasteiger partial charge in [0.05, 0.1) is 24.9 Å². The number of para-hydroxylation sites is 1. The Morgan fingerprint density at radius 3 is 2.65 bits per heavy atom. The predicted octanol–water partition coefficient (Wildman–Crippen LogP) is 4.98. The molecule has 1 atom stereocenters. The van der Waals surface area contributed by atoms with Gasteiger partial charge in [0.25, 0.3) is 0 Å². The first-order valence-corrected chi connectivity index (χ1v) is 14.6. The number of carbonyl (C=O) groups excluding carboxylic acids is 2. The van der Waals surface area contributed by atoms with E-state index in [1.807, 2.05) is 67.8 Å². The molecule has 1 N–H and O–H groups in total. The Bertz CT molecular complexity index is 1770. The van der Waals surface area contributed by atoms with Crippen molar-refractivity contribution >= 4 is 39.9 Å². The summed E-state index contributed by atoms with van der Waals surface area (Å²) in [5.74, 6) is 1.11. The number of hydrogen-bond acceptors (Lipinski definition) is 9. The molecule has 1 aliphatic rings. The van der Waals surface area contributed by atoms with Gasteiger partial charge in [-0.15, -0.1) is 16.4 Å². The molecule has 0 saturated heterocycles. The van der Waals surface area contributed by atoms with Crippen molar-refractivity contribution in [1.82, 2.24) is 24.9 Å². The lowest BCUT2D eigenvalue weighted by Gasteiger charge is -2.33. The third-order valence-corrected chi connectivity index (χ3v) is 7.98. The van der Waals surface area contributed by atoms with Gasteiger partial charge in [-0.05, 0) is 54.4 Å². The Morgan fingerprint density at radius 2 is 1.86 bits per heavy atom. The van der Waals surface area contributed by atoms with Crippen molar-refractivity contribution in [3.63, 3.8) is 0 Å². The molecule has 2 amide bonds. The maximum absolute atomic E-state index is 14.0. The number of anilines is 1. The maximum atomic E-state index is 14.0. The summed E-state index contributed by atoms with van der Waals surface area (Å²) in [7, 11) is 1.62. The number of nitrogens with one attached hydrogen (secondary N) is 1. The van der Waals surface area contributed by atoms with Crippen LogP contribution in [0.15, 0.2) is 72.1 Å². The van der Waals surface area contributed by atoms with Gasteiger partial charge in [0.2, 0.25) is 18.6 Å². The summed E-state index contributed by atoms with van der Waals surface area (Å²) in [5.41, 5.74) is 3.68. The summed E-state index contributed by atoms with van der Waals surface area (Å²) >= 11 is 1.44. The molecule has 0 bridgehead atoms. The van der Waals surface area contributed by atoms with E-state index in [1.165, 1.54) is 11.3 Å². The predicted molar refractivity (Wildman–Crippen MR) is 162 cm³/mol. The highest BCUT2D eigenvalue weighted by molar-refractivity contribution is 7.09. The quantitative estimate of drug-likeness (QED) is 0.239. The van der Waals surface area contributed by atoms with Gasteiger partial charge >= 0.3 is 0 Å². The van der Waals surface area contributed by atoms with Crippen LogP contribution < -0.4 is 19.5 Å². The smallest absolute Gasteiger partial charge is 0.247 e. The van der Waals surface area contributed by atoms with Crippen LogP contribution in [0.1, 0.15) is 18.9 Å². The SMILES string of the molecule is COc1ccc(-c2csc(CN(C(=O)Cn3nnc4ccccc43)C(C(=O)Nc3ccc4c(c3)OCO4)C(C)C)n2)cc1. The Hall–Kier alpha value is -4.97. The monoisotopic (exact) mass is 598 g/mol. The second-order valence-electron chi connectivity index (χ2n) is 10.4. The van der Waals surface area contributed by atoms with E-state index in [0.717, 1.165) is 22.5 Å². The lowest BCUT2D eigenvalue weighted by atomic mass is 10.0. The highest BCUT2D eigenvalue weighted by Gasteiger charge is 2.34. The molecule has 0 fully saturated rings. The first kappa shape index (κ1) is 28.2. The van der Waals surface area contributed by atoms with Gasteiger partial charge in [0, 0.05) is 22.7 Å². The number of benzene rings is 3. The van der Waals surface area contributed by atoms with Gasteiger partial charge in [-0.1, -0.05) is 31.2 Å². The third kappa shape index (κ3) is 6.00. The molecule has 0 spiro atoms. The Morgan fingerprint density at radius 1 is 1.07 bits per heavy atom. The zero-order valence-corrected chi connectivity index (χ0v) is 24.7. The van der Waals surface area contributed by atoms with Crippen molar-refractivity contribution in [2.75, 3.05) is 19.2 Å². The van der Waals surface area contributed by atoms with Crippen molar-refractivity contribution in [3.8, 4) is 28.5 Å². The number of amides is 2. The van der Waals surface area contributed by atoms with Crippen molar-refractivity contribution < 1.29 is 23.8 Å². The molecule has 2 aromatic heterocycles. The van der Waals surface area contributed by atoms with E-state index in [9.17, 15) is 9.59 Å². The van der Waals surface area contributed by atoms with E-state index in [-0.39, 0.29) is 37.6 Å². The van der Waals surface area contributed by atoms with E-state index in [2.05, 4.69) is 15.6 Å². The van der Waals surface area contributed by atoms with E-state index in [0.29, 0.717) is 27.7 Å². The van der Waals surface area contributed by atoms with Crippen LogP contribution >= 0.6 is 11.3 Å². The molecule has 0 saturated carbocycles. The second kappa shape index (κ2) is 12.1. The van der Waals surface area contributed by atoms with Crippen molar-refractivity contribution in [2.45, 2.75) is 33.0 Å². The number of fused-ring (bicyclic) bond motifs is 2. The second-order valence-corrected chi connectivity index (χ2v) is 11.3. The molecule has 220 valence electrons. The van der Waals surface area contributed by atoms with Crippen molar-refractivity contribution in [2.24, 2.45) is 5.92 Å². The number of aromatic nitrogens is 4. The van der Waals surface area contributed by atoms with Crippen molar-refractivity contribution in [3.05, 3.63) is 77.1 Å². The molecule has 6 rings (SSSR count). The summed E-state index contributed by atoms with van der Waals surface area (Å²) < 4.78 is 17.7. The first-order chi connectivity index (χ1) is 20.9. The number of rotatable bonds is 10. The average molecular weight is 599 g/mol. The van der Waals surface area contributed by atoms with Crippen LogP contribution in [0, 0.1) is 5.92 Å². The molecule has 11 nitrogen and oxygen atoms in total. The molecule has 1 aliphatic heterocycles. The van der Waals surface area contributed by atoms with Crippen LogP contribution in [0.2, 0.25) is 0 Å². The summed E-state index contributed by atoms with van der Waals surface area (Å²) in [5, 5.41) is 14.0. The first-order valence-electron chi connectivity index (χ1n) is 13.8. The summed E-state index contributed by atoms with van der Waals surface area (Å²) in [6.07, 6.45) is 0. The average Bonchev–Trinajstić information content (AvgIpc) is 3.77. The van der Waals surface area contributed by atoms with Crippen LogP contribution in [0.25, 0.3) is 22.3 Å². The maximum Gasteiger partial charge on any atom is 0.247 e. The number of carbonyl (C=O) groups is 2. The molecule has 0 radical (unpaired) electrons. The summed E-state index contributed by atoms with van der Waals surface area (Å²) in [4.78, 5) is 34.3. The van der Waals surface area contributed by atoms with Crippen LogP contribution in [0.5, 0.6) is 17.2 Å². The lowest BCUT2D eigenvalue weighted by molar-refractivity contribution is -0.141. The lowest BCUT2D eigenvalue weighted by Crippen LogP contribution is -2.50. The van der Waals surface area contributed by atoms with E-state index >= 15 is 0 Å². The molecule has 43 heavy (non-hydrogen) atoms. The Labute approximate surface area is 252 Å². The van der Waals surface area contributed by atoms with Gasteiger partial charge in [-0.25, -0.2) is 9.67 Å². The largest absolute Gasteiger partial charge is 0.497 e. The zero-order valence-electron chi connectivity index (χ0n) is 23.9. The van der Waals surface area contributed by atoms with Crippen molar-refractivity contribution in [1.29, 1.82) is 0 Å². The molecule has 12 heteroatoms. The van der Waals surface area contributed by atoms with E-state index < -0.39 is 6.04 Å². The zero-order chi connectivity index (χ0) is 29.9. The fourth-order valence-corrected chi connectivity index (χ4v) is 5.81. The van der Waals surface area contributed by atoms with Crippen LogP contribution in [0.3, 0.4) is 0 Å². The number of methoxy groups -OCH3 is 1. The molecular weight excluding hydrogens is 568 g/mol. The van der Waals surface area contributed by atoms with Crippen LogP contribution in [-0.4, -0.2) is 56.6 Å². The normalized spacial score (nSPS) is 12.8. The molecular formula is C31H30N6O5S. The van der Waals surface area contributed by atoms with Gasteiger partial charge in [-0.2, -0.15) is 0 Å². The van der Waals surface area contributed by atoms with Gasteiger partial charge in [-0.3, -0.25) is 9.59 Å². The minimum absolute atomic E-state index is 0.0856. The van der Waals surface area contributed by atoms with E-state index in [1.54, 1.807) is 34.9 Å². The molecule has 5 aromatic rings. The molecule has 0 aliphatic carbocycles. The third-order valence-electron chi connectivity index (χ3n) is 7.14.